The van der Waals surface area contributed by atoms with Crippen molar-refractivity contribution >= 4 is 17.4 Å². The number of pyridine rings is 1. The number of imidazole rings is 1. The molecule has 0 unspecified atom stereocenters. The van der Waals surface area contributed by atoms with Gasteiger partial charge in [0.15, 0.2) is 5.82 Å². The van der Waals surface area contributed by atoms with Gasteiger partial charge in [-0.1, -0.05) is 5.16 Å². The van der Waals surface area contributed by atoms with Crippen molar-refractivity contribution in [3.05, 3.63) is 41.9 Å². The number of hydrogen-bond acceptors (Lipinski definition) is 6. The number of carbonyl (C=O) groups is 1. The van der Waals surface area contributed by atoms with Gasteiger partial charge in [0.25, 0.3) is 5.89 Å². The predicted octanol–water partition coefficient (Wildman–Crippen LogP) is 2.33. The van der Waals surface area contributed by atoms with Crippen LogP contribution in [0.5, 0.6) is 0 Å². The normalized spacial score (nSPS) is 20.5. The van der Waals surface area contributed by atoms with Crippen LogP contribution in [0.1, 0.15) is 30.2 Å². The number of nitrogens with zero attached hydrogens (tertiary/aromatic N) is 5. The fraction of sp³-hybridized carbons (Fsp3) is 0.412. The minimum Gasteiger partial charge on any atom is -0.374 e. The number of morpholine rings is 1. The van der Waals surface area contributed by atoms with Gasteiger partial charge in [0, 0.05) is 25.1 Å². The van der Waals surface area contributed by atoms with Crippen LogP contribution in [-0.4, -0.2) is 49.7 Å². The Morgan fingerprint density at radius 1 is 1.38 bits per heavy atom. The zero-order valence-corrected chi connectivity index (χ0v) is 14.8. The van der Waals surface area contributed by atoms with Gasteiger partial charge >= 0.3 is 6.03 Å². The van der Waals surface area contributed by atoms with E-state index in [1.165, 1.54) is 0 Å². The summed E-state index contributed by atoms with van der Waals surface area (Å²) in [6, 6.07) is 1.23. The van der Waals surface area contributed by atoms with Crippen molar-refractivity contribution < 1.29 is 14.1 Å². The molecule has 0 spiro atoms. The molecule has 0 aliphatic carbocycles. The van der Waals surface area contributed by atoms with Gasteiger partial charge in [-0.25, -0.2) is 9.78 Å². The Kier molecular flexibility index (Phi) is 4.08. The summed E-state index contributed by atoms with van der Waals surface area (Å²) >= 11 is 0. The molecule has 9 nitrogen and oxygen atoms in total. The molecule has 136 valence electrons. The summed E-state index contributed by atoms with van der Waals surface area (Å²) in [5, 5.41) is 6.79. The Hall–Kier alpha value is -2.94. The number of aromatic nitrogens is 4. The summed E-state index contributed by atoms with van der Waals surface area (Å²) in [6.45, 7) is 6.49. The monoisotopic (exact) mass is 356 g/mol. The smallest absolute Gasteiger partial charge is 0.322 e. The van der Waals surface area contributed by atoms with Crippen molar-refractivity contribution in [1.29, 1.82) is 0 Å². The van der Waals surface area contributed by atoms with Crippen LogP contribution in [-0.2, 0) is 4.74 Å². The van der Waals surface area contributed by atoms with Crippen LogP contribution in [0, 0.1) is 13.8 Å². The molecule has 4 heterocycles. The first-order valence-corrected chi connectivity index (χ1v) is 8.45. The van der Waals surface area contributed by atoms with Crippen LogP contribution < -0.4 is 5.32 Å². The van der Waals surface area contributed by atoms with Crippen molar-refractivity contribution in [3.8, 4) is 0 Å². The van der Waals surface area contributed by atoms with Gasteiger partial charge in [-0.3, -0.25) is 0 Å². The first-order chi connectivity index (χ1) is 12.5. The van der Waals surface area contributed by atoms with Crippen LogP contribution in [0.3, 0.4) is 0 Å². The zero-order valence-electron chi connectivity index (χ0n) is 14.8. The molecule has 1 fully saturated rings. The van der Waals surface area contributed by atoms with E-state index >= 15 is 0 Å². The van der Waals surface area contributed by atoms with Gasteiger partial charge < -0.3 is 23.9 Å². The van der Waals surface area contributed by atoms with Gasteiger partial charge in [-0.2, -0.15) is 4.98 Å². The Morgan fingerprint density at radius 2 is 2.23 bits per heavy atom. The molecule has 2 atom stereocenters. The van der Waals surface area contributed by atoms with E-state index in [4.69, 9.17) is 9.26 Å². The lowest BCUT2D eigenvalue weighted by Crippen LogP contribution is -2.49. The summed E-state index contributed by atoms with van der Waals surface area (Å²) in [7, 11) is 0. The summed E-state index contributed by atoms with van der Waals surface area (Å²) < 4.78 is 12.9. The average Bonchev–Trinajstić information content (AvgIpc) is 3.23. The molecular weight excluding hydrogens is 336 g/mol. The number of urea groups is 1. The third-order valence-corrected chi connectivity index (χ3v) is 4.47. The molecule has 2 amide bonds. The van der Waals surface area contributed by atoms with E-state index in [0.717, 1.165) is 11.2 Å². The van der Waals surface area contributed by atoms with E-state index in [-0.39, 0.29) is 12.1 Å². The van der Waals surface area contributed by atoms with Crippen LogP contribution in [0.4, 0.5) is 10.5 Å². The third kappa shape index (κ3) is 2.90. The number of hydrogen-bond donors (Lipinski definition) is 1. The number of carbonyl (C=O) groups excluding carboxylic acids is 1. The van der Waals surface area contributed by atoms with Gasteiger partial charge in [0.2, 0.25) is 0 Å². The minimum atomic E-state index is -0.428. The maximum atomic E-state index is 12.9. The van der Waals surface area contributed by atoms with E-state index in [1.807, 2.05) is 36.7 Å². The number of anilines is 1. The number of rotatable bonds is 2. The summed E-state index contributed by atoms with van der Waals surface area (Å²) in [5.41, 5.74) is 2.53. The molecule has 9 heteroatoms. The number of fused-ring (bicyclic) bond motifs is 1. The molecule has 1 aliphatic heterocycles. The van der Waals surface area contributed by atoms with Crippen LogP contribution in [0.15, 0.2) is 29.2 Å². The molecule has 26 heavy (non-hydrogen) atoms. The largest absolute Gasteiger partial charge is 0.374 e. The molecule has 1 aliphatic rings. The third-order valence-electron chi connectivity index (χ3n) is 4.47. The molecule has 3 aromatic heterocycles. The quantitative estimate of drug-likeness (QED) is 0.757. The van der Waals surface area contributed by atoms with E-state index in [1.54, 1.807) is 18.0 Å². The molecule has 0 aromatic carbocycles. The summed E-state index contributed by atoms with van der Waals surface area (Å²) in [6.07, 6.45) is 5.17. The van der Waals surface area contributed by atoms with E-state index < -0.39 is 6.04 Å². The van der Waals surface area contributed by atoms with E-state index in [9.17, 15) is 4.79 Å². The van der Waals surface area contributed by atoms with Gasteiger partial charge in [-0.05, 0) is 32.4 Å². The second-order valence-corrected chi connectivity index (χ2v) is 6.39. The highest BCUT2D eigenvalue weighted by molar-refractivity contribution is 5.90. The Morgan fingerprint density at radius 3 is 3.00 bits per heavy atom. The summed E-state index contributed by atoms with van der Waals surface area (Å²) in [4.78, 5) is 23.2. The van der Waals surface area contributed by atoms with Crippen molar-refractivity contribution in [2.45, 2.75) is 32.9 Å². The molecule has 0 radical (unpaired) electrons. The van der Waals surface area contributed by atoms with Gasteiger partial charge in [-0.15, -0.1) is 0 Å². The molecule has 1 saturated heterocycles. The number of ether oxygens (including phenoxy) is 1. The average molecular weight is 356 g/mol. The van der Waals surface area contributed by atoms with Gasteiger partial charge in [0.05, 0.1) is 18.4 Å². The molecular formula is C17H20N6O3. The molecule has 1 N–H and O–H groups in total. The highest BCUT2D eigenvalue weighted by Gasteiger charge is 2.38. The predicted molar refractivity (Wildman–Crippen MR) is 92.8 cm³/mol. The van der Waals surface area contributed by atoms with Crippen LogP contribution >= 0.6 is 0 Å². The van der Waals surface area contributed by atoms with Crippen LogP contribution in [0.25, 0.3) is 5.65 Å². The first kappa shape index (κ1) is 16.5. The highest BCUT2D eigenvalue weighted by Crippen LogP contribution is 2.29. The zero-order chi connectivity index (χ0) is 18.3. The van der Waals surface area contributed by atoms with E-state index in [0.29, 0.717) is 30.6 Å². The molecule has 0 bridgehead atoms. The lowest BCUT2D eigenvalue weighted by Gasteiger charge is -2.37. The van der Waals surface area contributed by atoms with Crippen molar-refractivity contribution in [1.82, 2.24) is 24.4 Å². The first-order valence-electron chi connectivity index (χ1n) is 8.45. The van der Waals surface area contributed by atoms with Crippen LogP contribution in [0.2, 0.25) is 0 Å². The topological polar surface area (TPSA) is 97.8 Å². The highest BCUT2D eigenvalue weighted by atomic mass is 16.5. The fourth-order valence-electron chi connectivity index (χ4n) is 3.29. The Labute approximate surface area is 150 Å². The van der Waals surface area contributed by atoms with E-state index in [2.05, 4.69) is 20.4 Å². The SMILES string of the molecule is Cc1noc([C@@H]2[C@@H](C)OCCN2C(=O)Nc2cc(C)c3nccn3c2)n1. The summed E-state index contributed by atoms with van der Waals surface area (Å²) in [5.74, 6) is 0.908. The number of aryl methyl sites for hydroxylation is 2. The minimum absolute atomic E-state index is 0.236. The number of nitrogens with one attached hydrogen (secondary N) is 1. The fourth-order valence-corrected chi connectivity index (χ4v) is 3.29. The van der Waals surface area contributed by atoms with Crippen molar-refractivity contribution in [2.75, 3.05) is 18.5 Å². The molecule has 3 aromatic rings. The maximum absolute atomic E-state index is 12.9. The Bertz CT molecular complexity index is 949. The second kappa shape index (κ2) is 6.41. The molecule has 4 rings (SSSR count). The Balaban J connectivity index is 1.60. The standard InChI is InChI=1S/C17H20N6O3/c1-10-8-13(9-22-5-4-18-15(10)22)20-17(24)23-6-7-25-11(2)14(23)16-19-12(3)21-26-16/h4-5,8-9,11,14H,6-7H2,1-3H3,(H,20,24)/t11-,14+/m1/s1. The lowest BCUT2D eigenvalue weighted by atomic mass is 10.1. The maximum Gasteiger partial charge on any atom is 0.322 e. The van der Waals surface area contributed by atoms with Crippen molar-refractivity contribution in [3.63, 3.8) is 0 Å². The second-order valence-electron chi connectivity index (χ2n) is 6.39. The van der Waals surface area contributed by atoms with Gasteiger partial charge in [0.1, 0.15) is 11.7 Å². The van der Waals surface area contributed by atoms with Crippen molar-refractivity contribution in [2.24, 2.45) is 0 Å². The number of amides is 2. The lowest BCUT2D eigenvalue weighted by molar-refractivity contribution is -0.0525. The molecule has 0 saturated carbocycles.